The van der Waals surface area contributed by atoms with Gasteiger partial charge in [0.1, 0.15) is 0 Å². The van der Waals surface area contributed by atoms with E-state index in [0.717, 1.165) is 11.3 Å². The fourth-order valence-corrected chi connectivity index (χ4v) is 2.10. The number of hydrogen-bond donors (Lipinski definition) is 1. The van der Waals surface area contributed by atoms with E-state index in [1.165, 1.54) is 13.4 Å². The Hall–Kier alpha value is -2.47. The van der Waals surface area contributed by atoms with E-state index in [1.54, 1.807) is 29.9 Å². The number of hydrogen-bond acceptors (Lipinski definition) is 4. The predicted molar refractivity (Wildman–Crippen MR) is 86.5 cm³/mol. The Kier molecular flexibility index (Phi) is 5.65. The molecule has 7 heteroatoms. The summed E-state index contributed by atoms with van der Waals surface area (Å²) in [7, 11) is 3.17. The minimum atomic E-state index is -1.03. The van der Waals surface area contributed by atoms with Crippen LogP contribution in [0, 0.1) is 0 Å². The Labute approximate surface area is 138 Å². The minimum Gasteiger partial charge on any atom is -0.504 e. The number of nitrogens with zero attached hydrogens (tertiary/aromatic N) is 2. The van der Waals surface area contributed by atoms with Gasteiger partial charge in [0.15, 0.2) is 0 Å². The highest BCUT2D eigenvalue weighted by atomic mass is 35.5. The van der Waals surface area contributed by atoms with Gasteiger partial charge in [-0.05, 0) is 12.1 Å². The van der Waals surface area contributed by atoms with Gasteiger partial charge in [0.05, 0.1) is 31.2 Å². The zero-order chi connectivity index (χ0) is 16.8. The van der Waals surface area contributed by atoms with Crippen LogP contribution in [0.2, 0.25) is 5.02 Å². The van der Waals surface area contributed by atoms with Crippen LogP contribution in [0.25, 0.3) is 11.3 Å². The lowest BCUT2D eigenvalue weighted by atomic mass is 10.2. The maximum atomic E-state index is 11.0. The molecule has 1 heterocycles. The first-order valence-electron chi connectivity index (χ1n) is 6.89. The zero-order valence-corrected chi connectivity index (χ0v) is 13.6. The van der Waals surface area contributed by atoms with E-state index in [0.29, 0.717) is 10.9 Å². The Balaban J connectivity index is 2.03. The van der Waals surface area contributed by atoms with Crippen LogP contribution in [0.1, 0.15) is 6.42 Å². The molecule has 23 heavy (non-hydrogen) atoms. The van der Waals surface area contributed by atoms with Crippen molar-refractivity contribution in [2.45, 2.75) is 6.42 Å². The third-order valence-electron chi connectivity index (χ3n) is 3.13. The average molecular weight is 337 g/mol. The van der Waals surface area contributed by atoms with Crippen molar-refractivity contribution in [1.29, 1.82) is 0 Å². The largest absolute Gasteiger partial charge is 0.504 e. The van der Waals surface area contributed by atoms with Gasteiger partial charge in [-0.15, -0.1) is 0 Å². The molecule has 1 N–H and O–H groups in total. The highest BCUT2D eigenvalue weighted by molar-refractivity contribution is 6.30. The summed E-state index contributed by atoms with van der Waals surface area (Å²) >= 11 is 5.87. The predicted octanol–water partition coefficient (Wildman–Crippen LogP) is 3.12. The standard InChI is InChI=1S/C16H17ClN2O4/c1-19-15(23-8-7-12(10-22-2)16(20)21)9-14(18-19)11-3-5-13(17)6-4-11/h3-6,9-10H,7-8H2,1-2H3,(H,20,21)/b12-10+. The molecule has 2 aromatic rings. The highest BCUT2D eigenvalue weighted by Gasteiger charge is 2.11. The third kappa shape index (κ3) is 4.50. The van der Waals surface area contributed by atoms with E-state index in [4.69, 9.17) is 26.2 Å². The Bertz CT molecular complexity index is 707. The fourth-order valence-electron chi connectivity index (χ4n) is 1.97. The Morgan fingerprint density at radius 2 is 2.09 bits per heavy atom. The number of benzene rings is 1. The molecule has 0 atom stereocenters. The van der Waals surface area contributed by atoms with E-state index >= 15 is 0 Å². The first kappa shape index (κ1) is 16.9. The van der Waals surface area contributed by atoms with E-state index in [1.807, 2.05) is 12.1 Å². The maximum Gasteiger partial charge on any atom is 0.334 e. The second kappa shape index (κ2) is 7.69. The topological polar surface area (TPSA) is 73.6 Å². The Morgan fingerprint density at radius 1 is 1.39 bits per heavy atom. The summed E-state index contributed by atoms with van der Waals surface area (Å²) in [4.78, 5) is 11.0. The summed E-state index contributed by atoms with van der Waals surface area (Å²) in [5, 5.41) is 14.0. The van der Waals surface area contributed by atoms with Crippen LogP contribution in [0.4, 0.5) is 0 Å². The molecule has 6 nitrogen and oxygen atoms in total. The molecule has 0 unspecified atom stereocenters. The number of methoxy groups -OCH3 is 1. The van der Waals surface area contributed by atoms with Gasteiger partial charge in [-0.3, -0.25) is 0 Å². The molecule has 0 bridgehead atoms. The van der Waals surface area contributed by atoms with Crippen LogP contribution < -0.4 is 4.74 Å². The molecule has 0 aliphatic heterocycles. The van der Waals surface area contributed by atoms with Crippen LogP contribution in [0.5, 0.6) is 5.88 Å². The molecule has 0 amide bonds. The minimum absolute atomic E-state index is 0.146. The van der Waals surface area contributed by atoms with Gasteiger partial charge in [-0.1, -0.05) is 23.7 Å². The fraction of sp³-hybridized carbons (Fsp3) is 0.250. The normalized spacial score (nSPS) is 11.3. The smallest absolute Gasteiger partial charge is 0.334 e. The van der Waals surface area contributed by atoms with E-state index in [-0.39, 0.29) is 18.6 Å². The quantitative estimate of drug-likeness (QED) is 0.621. The number of aryl methyl sites for hydroxylation is 1. The van der Waals surface area contributed by atoms with Gasteiger partial charge in [-0.25, -0.2) is 9.48 Å². The number of carboxylic acid groups (broad SMARTS) is 1. The number of halogens is 1. The molecule has 0 spiro atoms. The Morgan fingerprint density at radius 3 is 2.70 bits per heavy atom. The summed E-state index contributed by atoms with van der Waals surface area (Å²) in [6.07, 6.45) is 1.43. The number of carbonyl (C=O) groups is 1. The van der Waals surface area contributed by atoms with Crippen LogP contribution in [-0.4, -0.2) is 34.6 Å². The van der Waals surface area contributed by atoms with Gasteiger partial charge < -0.3 is 14.6 Å². The van der Waals surface area contributed by atoms with Gasteiger partial charge in [-0.2, -0.15) is 5.10 Å². The molecule has 1 aromatic carbocycles. The number of aromatic nitrogens is 2. The van der Waals surface area contributed by atoms with Gasteiger partial charge >= 0.3 is 5.97 Å². The molecule has 0 saturated heterocycles. The summed E-state index contributed by atoms with van der Waals surface area (Å²) in [6, 6.07) is 9.13. The summed E-state index contributed by atoms with van der Waals surface area (Å²) < 4.78 is 11.9. The van der Waals surface area contributed by atoms with Crippen LogP contribution in [0.15, 0.2) is 42.2 Å². The number of ether oxygens (including phenoxy) is 2. The first-order valence-corrected chi connectivity index (χ1v) is 7.27. The van der Waals surface area contributed by atoms with Crippen LogP contribution >= 0.6 is 11.6 Å². The molecular formula is C16H17ClN2O4. The highest BCUT2D eigenvalue weighted by Crippen LogP contribution is 2.24. The van der Waals surface area contributed by atoms with Crippen molar-refractivity contribution >= 4 is 17.6 Å². The van der Waals surface area contributed by atoms with Crippen molar-refractivity contribution in [1.82, 2.24) is 9.78 Å². The lowest BCUT2D eigenvalue weighted by molar-refractivity contribution is -0.133. The SMILES string of the molecule is CO/C=C(\CCOc1cc(-c2ccc(Cl)cc2)nn1C)C(=O)O. The molecule has 0 radical (unpaired) electrons. The summed E-state index contributed by atoms with van der Waals surface area (Å²) in [6.45, 7) is 0.209. The molecule has 122 valence electrons. The molecule has 0 fully saturated rings. The van der Waals surface area contributed by atoms with E-state index in [9.17, 15) is 4.79 Å². The first-order chi connectivity index (χ1) is 11.0. The second-order valence-corrected chi connectivity index (χ2v) is 5.22. The molecule has 1 aromatic heterocycles. The van der Waals surface area contributed by atoms with Crippen molar-refractivity contribution in [3.8, 4) is 17.1 Å². The van der Waals surface area contributed by atoms with Crippen LogP contribution in [-0.2, 0) is 16.6 Å². The van der Waals surface area contributed by atoms with E-state index < -0.39 is 5.97 Å². The van der Waals surface area contributed by atoms with Gasteiger partial charge in [0.25, 0.3) is 0 Å². The second-order valence-electron chi connectivity index (χ2n) is 4.78. The van der Waals surface area contributed by atoms with Crippen molar-refractivity contribution in [3.05, 3.63) is 47.2 Å². The molecule has 0 aliphatic rings. The molecule has 2 rings (SSSR count). The lowest BCUT2D eigenvalue weighted by Gasteiger charge is -2.06. The van der Waals surface area contributed by atoms with Gasteiger partial charge in [0, 0.05) is 30.1 Å². The summed E-state index contributed by atoms with van der Waals surface area (Å²) in [5.41, 5.74) is 1.82. The molecular weight excluding hydrogens is 320 g/mol. The zero-order valence-electron chi connectivity index (χ0n) is 12.8. The molecule has 0 aliphatic carbocycles. The summed E-state index contributed by atoms with van der Waals surface area (Å²) in [5.74, 6) is -0.473. The third-order valence-corrected chi connectivity index (χ3v) is 3.38. The number of carboxylic acids is 1. The maximum absolute atomic E-state index is 11.0. The number of aliphatic carboxylic acids is 1. The van der Waals surface area contributed by atoms with Crippen molar-refractivity contribution < 1.29 is 19.4 Å². The van der Waals surface area contributed by atoms with E-state index in [2.05, 4.69) is 5.10 Å². The number of rotatable bonds is 7. The lowest BCUT2D eigenvalue weighted by Crippen LogP contribution is -2.08. The van der Waals surface area contributed by atoms with Gasteiger partial charge in [0.2, 0.25) is 5.88 Å². The average Bonchev–Trinajstić information content (AvgIpc) is 2.88. The van der Waals surface area contributed by atoms with Crippen molar-refractivity contribution in [3.63, 3.8) is 0 Å². The molecule has 0 saturated carbocycles. The van der Waals surface area contributed by atoms with Crippen LogP contribution in [0.3, 0.4) is 0 Å². The monoisotopic (exact) mass is 336 g/mol. The van der Waals surface area contributed by atoms with Crippen molar-refractivity contribution in [2.24, 2.45) is 7.05 Å². The van der Waals surface area contributed by atoms with Crippen molar-refractivity contribution in [2.75, 3.05) is 13.7 Å².